The molecule has 0 saturated carbocycles. The molecular formula is C23H5BF15N. The van der Waals surface area contributed by atoms with Crippen LogP contribution in [0.3, 0.4) is 0 Å². The lowest BCUT2D eigenvalue weighted by molar-refractivity contribution is 0.380. The van der Waals surface area contributed by atoms with Gasteiger partial charge in [-0.3, -0.25) is 4.98 Å². The van der Waals surface area contributed by atoms with Crippen LogP contribution in [0.4, 0.5) is 65.9 Å². The van der Waals surface area contributed by atoms with E-state index in [4.69, 9.17) is 0 Å². The van der Waals surface area contributed by atoms with Gasteiger partial charge in [-0.2, -0.15) is 0 Å². The zero-order chi connectivity index (χ0) is 30.2. The zero-order valence-electron chi connectivity index (χ0n) is 18.6. The van der Waals surface area contributed by atoms with Gasteiger partial charge in [0.2, 0.25) is 0 Å². The molecule has 40 heavy (non-hydrogen) atoms. The minimum absolute atomic E-state index is 1.75. The number of rotatable bonds is 3. The van der Waals surface area contributed by atoms with Crippen LogP contribution < -0.4 is 16.4 Å². The van der Waals surface area contributed by atoms with Gasteiger partial charge in [0.25, 0.3) is 6.71 Å². The van der Waals surface area contributed by atoms with Gasteiger partial charge >= 0.3 is 0 Å². The van der Waals surface area contributed by atoms with Crippen molar-refractivity contribution in [3.05, 3.63) is 118 Å². The maximum absolute atomic E-state index is 14.4. The first kappa shape index (κ1) is 30.4. The van der Waals surface area contributed by atoms with Crippen LogP contribution in [0.2, 0.25) is 0 Å². The van der Waals surface area contributed by atoms with Crippen LogP contribution in [-0.4, -0.2) is 11.7 Å². The summed E-state index contributed by atoms with van der Waals surface area (Å²) in [7, 11) is 0. The molecule has 0 aliphatic rings. The Morgan fingerprint density at radius 3 is 0.650 bits per heavy atom. The predicted octanol–water partition coefficient (Wildman–Crippen LogP) is 5.37. The number of halogens is 15. The van der Waals surface area contributed by atoms with Crippen molar-refractivity contribution in [3.8, 4) is 0 Å². The quantitative estimate of drug-likeness (QED) is 0.135. The summed E-state index contributed by atoms with van der Waals surface area (Å²) in [6.07, 6.45) is 3.50. The molecule has 0 aliphatic heterocycles. The number of hydrogen-bond acceptors (Lipinski definition) is 1. The molecule has 0 saturated heterocycles. The first-order valence-electron chi connectivity index (χ1n) is 10.1. The summed E-state index contributed by atoms with van der Waals surface area (Å²) < 4.78 is 209. The minimum Gasteiger partial charge on any atom is -0.265 e. The van der Waals surface area contributed by atoms with E-state index in [2.05, 4.69) is 4.98 Å². The molecule has 0 bridgehead atoms. The molecule has 0 N–H and O–H groups in total. The minimum atomic E-state index is -3.96. The first-order valence-corrected chi connectivity index (χ1v) is 10.1. The Morgan fingerprint density at radius 2 is 0.500 bits per heavy atom. The second kappa shape index (κ2) is 11.5. The number of pyridine rings is 1. The molecule has 0 fully saturated rings. The molecule has 1 nitrogen and oxygen atoms in total. The molecule has 4 rings (SSSR count). The summed E-state index contributed by atoms with van der Waals surface area (Å²) in [6.45, 7) is -3.96. The van der Waals surface area contributed by atoms with E-state index in [1.54, 1.807) is 12.4 Å². The molecule has 210 valence electrons. The number of aromatic nitrogens is 1. The number of nitrogens with zero attached hydrogens (tertiary/aromatic N) is 1. The molecule has 0 atom stereocenters. The average molecular weight is 591 g/mol. The first-order chi connectivity index (χ1) is 18.7. The summed E-state index contributed by atoms with van der Waals surface area (Å²) in [6, 6.07) is 5.72. The van der Waals surface area contributed by atoms with Crippen LogP contribution in [0.1, 0.15) is 0 Å². The second-order valence-corrected chi connectivity index (χ2v) is 7.41. The molecule has 3 aromatic carbocycles. The summed E-state index contributed by atoms with van der Waals surface area (Å²) in [5.41, 5.74) is -8.03. The van der Waals surface area contributed by atoms with E-state index >= 15 is 0 Å². The molecular weight excluding hydrogens is 586 g/mol. The van der Waals surface area contributed by atoms with Gasteiger partial charge in [-0.1, -0.05) is 6.07 Å². The van der Waals surface area contributed by atoms with Gasteiger partial charge in [0.05, 0.1) is 0 Å². The van der Waals surface area contributed by atoms with E-state index in [9.17, 15) is 65.9 Å². The van der Waals surface area contributed by atoms with Crippen molar-refractivity contribution >= 4 is 23.1 Å². The summed E-state index contributed by atoms with van der Waals surface area (Å²) in [5, 5.41) is 0. The van der Waals surface area contributed by atoms with Crippen LogP contribution in [-0.2, 0) is 0 Å². The lowest BCUT2D eigenvalue weighted by Crippen LogP contribution is -2.60. The van der Waals surface area contributed by atoms with Crippen molar-refractivity contribution in [2.75, 3.05) is 0 Å². The lowest BCUT2D eigenvalue weighted by Gasteiger charge is -2.21. The molecule has 4 aromatic rings. The third-order valence-corrected chi connectivity index (χ3v) is 5.16. The van der Waals surface area contributed by atoms with Crippen molar-refractivity contribution in [2.24, 2.45) is 0 Å². The third kappa shape index (κ3) is 4.95. The Labute approximate surface area is 212 Å². The van der Waals surface area contributed by atoms with Crippen LogP contribution in [0.5, 0.6) is 0 Å². The average Bonchev–Trinajstić information content (AvgIpc) is 2.96. The van der Waals surface area contributed by atoms with Gasteiger partial charge < -0.3 is 0 Å². The van der Waals surface area contributed by atoms with Crippen molar-refractivity contribution < 1.29 is 65.9 Å². The van der Waals surface area contributed by atoms with Gasteiger partial charge in [0, 0.05) is 28.8 Å². The maximum Gasteiger partial charge on any atom is 0.265 e. The number of benzene rings is 3. The van der Waals surface area contributed by atoms with Crippen LogP contribution >= 0.6 is 0 Å². The van der Waals surface area contributed by atoms with Gasteiger partial charge in [0.1, 0.15) is 0 Å². The van der Waals surface area contributed by atoms with Gasteiger partial charge in [-0.25, -0.2) is 65.9 Å². The molecule has 1 aromatic heterocycles. The van der Waals surface area contributed by atoms with E-state index in [1.807, 2.05) is 18.2 Å². The third-order valence-electron chi connectivity index (χ3n) is 5.16. The van der Waals surface area contributed by atoms with Crippen molar-refractivity contribution in [3.63, 3.8) is 0 Å². The highest BCUT2D eigenvalue weighted by Crippen LogP contribution is 2.23. The van der Waals surface area contributed by atoms with E-state index in [-0.39, 0.29) is 0 Å². The van der Waals surface area contributed by atoms with Gasteiger partial charge in [-0.05, 0) is 12.1 Å². The Bertz CT molecular complexity index is 1330. The van der Waals surface area contributed by atoms with Crippen LogP contribution in [0, 0.1) is 87.3 Å². The Kier molecular flexibility index (Phi) is 8.74. The van der Waals surface area contributed by atoms with Gasteiger partial charge in [0.15, 0.2) is 87.3 Å². The molecule has 1 heterocycles. The van der Waals surface area contributed by atoms with Crippen LogP contribution in [0.25, 0.3) is 0 Å². The van der Waals surface area contributed by atoms with Gasteiger partial charge in [-0.15, -0.1) is 0 Å². The van der Waals surface area contributed by atoms with Crippen molar-refractivity contribution in [1.82, 2.24) is 4.98 Å². The van der Waals surface area contributed by atoms with Crippen molar-refractivity contribution in [1.29, 1.82) is 0 Å². The molecule has 0 unspecified atom stereocenters. The fourth-order valence-electron chi connectivity index (χ4n) is 3.37. The normalized spacial score (nSPS) is 10.9. The summed E-state index contributed by atoms with van der Waals surface area (Å²) >= 11 is 0. The maximum atomic E-state index is 14.4. The highest BCUT2D eigenvalue weighted by molar-refractivity contribution is 6.95. The Hall–Kier alpha value is -4.18. The van der Waals surface area contributed by atoms with E-state index < -0.39 is 110 Å². The highest BCUT2D eigenvalue weighted by atomic mass is 19.2. The lowest BCUT2D eigenvalue weighted by atomic mass is 9.36. The molecule has 17 heteroatoms. The monoisotopic (exact) mass is 591 g/mol. The van der Waals surface area contributed by atoms with Crippen LogP contribution in [0.15, 0.2) is 30.6 Å². The van der Waals surface area contributed by atoms with E-state index in [1.165, 1.54) is 0 Å². The zero-order valence-corrected chi connectivity index (χ0v) is 18.6. The smallest absolute Gasteiger partial charge is 0.265 e. The molecule has 0 aliphatic carbocycles. The molecule has 0 radical (unpaired) electrons. The summed E-state index contributed by atoms with van der Waals surface area (Å²) in [5.74, 6) is -45.2. The SMILES string of the molecule is Fc1c(F)c(F)c(B(c2c(F)c(F)c(F)c(F)c2F)c2c(F)c(F)c(F)c(F)c2F)c(F)c1F.c1ccncc1. The van der Waals surface area contributed by atoms with Crippen molar-refractivity contribution in [2.45, 2.75) is 0 Å². The standard InChI is InChI=1S/C18BF15.C5H5N/c20-4-1(5(21)11(27)16(32)10(4)26)19(2-6(22)12(28)17(33)13(29)7(2)23)3-8(24)14(30)18(34)15(31)9(3)25;1-2-4-6-5-3-1/h;1-5H. The second-order valence-electron chi connectivity index (χ2n) is 7.41. The fourth-order valence-corrected chi connectivity index (χ4v) is 3.37. The summed E-state index contributed by atoms with van der Waals surface area (Å²) in [4.78, 5) is 3.78. The fraction of sp³-hybridized carbons (Fsp3) is 0. The largest absolute Gasteiger partial charge is 0.265 e. The Morgan fingerprint density at radius 1 is 0.300 bits per heavy atom. The molecule has 0 amide bonds. The molecule has 0 spiro atoms. The topological polar surface area (TPSA) is 12.9 Å². The van der Waals surface area contributed by atoms with E-state index in [0.717, 1.165) is 0 Å². The van der Waals surface area contributed by atoms with E-state index in [0.29, 0.717) is 0 Å². The Balaban J connectivity index is 0.000000649. The number of hydrogen-bond donors (Lipinski definition) is 0. The highest BCUT2D eigenvalue weighted by Gasteiger charge is 2.45. The predicted molar refractivity (Wildman–Crippen MR) is 108 cm³/mol.